The Hall–Kier alpha value is -1.90. The van der Waals surface area contributed by atoms with Crippen LogP contribution in [0.2, 0.25) is 0 Å². The van der Waals surface area contributed by atoms with Crippen LogP contribution in [-0.2, 0) is 0 Å². The van der Waals surface area contributed by atoms with E-state index in [1.165, 1.54) is 0 Å². The first-order chi connectivity index (χ1) is 10.0. The molecule has 1 fully saturated rings. The molecule has 2 N–H and O–H groups in total. The van der Waals surface area contributed by atoms with Crippen LogP contribution in [0.3, 0.4) is 0 Å². The third kappa shape index (κ3) is 4.03. The smallest absolute Gasteiger partial charge is 0.273 e. The fraction of sp³-hybridized carbons (Fsp3) is 0.500. The summed E-state index contributed by atoms with van der Waals surface area (Å²) >= 11 is 0. The maximum Gasteiger partial charge on any atom is 0.273 e. The van der Waals surface area contributed by atoms with Crippen LogP contribution in [0.5, 0.6) is 0 Å². The van der Waals surface area contributed by atoms with Crippen molar-refractivity contribution < 1.29 is 15.0 Å². The predicted octanol–water partition coefficient (Wildman–Crippen LogP) is 0.803. The van der Waals surface area contributed by atoms with E-state index in [1.807, 2.05) is 0 Å². The van der Waals surface area contributed by atoms with Gasteiger partial charge >= 0.3 is 0 Å². The molecule has 5 nitrogen and oxygen atoms in total. The number of likely N-dealkylation sites (tertiary alicyclic amines) is 1. The number of nitrogens with zero attached hydrogens (tertiary/aromatic N) is 2. The number of aromatic nitrogens is 1. The second-order valence-corrected chi connectivity index (χ2v) is 5.46. The molecule has 1 aliphatic heterocycles. The van der Waals surface area contributed by atoms with Crippen LogP contribution in [0.15, 0.2) is 18.3 Å². The fourth-order valence-electron chi connectivity index (χ4n) is 2.23. The summed E-state index contributed by atoms with van der Waals surface area (Å²) < 4.78 is 0. The summed E-state index contributed by atoms with van der Waals surface area (Å²) in [7, 11) is 0. The minimum Gasteiger partial charge on any atom is -0.395 e. The molecule has 1 aromatic rings. The molecule has 112 valence electrons. The molecule has 0 saturated carbocycles. The van der Waals surface area contributed by atoms with E-state index in [4.69, 9.17) is 5.11 Å². The Labute approximate surface area is 124 Å². The van der Waals surface area contributed by atoms with Crippen LogP contribution in [0.1, 0.15) is 42.2 Å². The summed E-state index contributed by atoms with van der Waals surface area (Å²) in [6.45, 7) is 2.83. The molecule has 0 bridgehead atoms. The number of rotatable bonds is 2. The minimum absolute atomic E-state index is 0.00223. The molecule has 0 radical (unpaired) electrons. The van der Waals surface area contributed by atoms with Gasteiger partial charge < -0.3 is 15.1 Å². The molecule has 1 aliphatic rings. The maximum absolute atomic E-state index is 12.5. The lowest BCUT2D eigenvalue weighted by molar-refractivity contribution is -0.00220. The summed E-state index contributed by atoms with van der Waals surface area (Å²) in [4.78, 5) is 18.4. The van der Waals surface area contributed by atoms with Crippen molar-refractivity contribution >= 4 is 5.91 Å². The first kappa shape index (κ1) is 15.5. The molecule has 5 heteroatoms. The number of amides is 1. The SMILES string of the molecule is CC1(O)CCN(C(=O)c2ncccc2C#CCCO)CC1. The van der Waals surface area contributed by atoms with Crippen LogP contribution in [0.25, 0.3) is 0 Å². The third-order valence-electron chi connectivity index (χ3n) is 3.60. The van der Waals surface area contributed by atoms with E-state index < -0.39 is 5.60 Å². The molecule has 0 atom stereocenters. The Bertz CT molecular complexity index is 562. The van der Waals surface area contributed by atoms with Gasteiger partial charge in [-0.25, -0.2) is 4.98 Å². The molecule has 0 spiro atoms. The zero-order valence-electron chi connectivity index (χ0n) is 12.2. The highest BCUT2D eigenvalue weighted by molar-refractivity contribution is 5.94. The average Bonchev–Trinajstić information content (AvgIpc) is 2.47. The topological polar surface area (TPSA) is 73.7 Å². The normalized spacial score (nSPS) is 17.0. The summed E-state index contributed by atoms with van der Waals surface area (Å²) in [5.41, 5.74) is 0.225. The van der Waals surface area contributed by atoms with E-state index in [9.17, 15) is 9.90 Å². The van der Waals surface area contributed by atoms with E-state index in [2.05, 4.69) is 16.8 Å². The Morgan fingerprint density at radius 3 is 2.86 bits per heavy atom. The van der Waals surface area contributed by atoms with E-state index in [0.29, 0.717) is 43.6 Å². The molecule has 0 aromatic carbocycles. The fourth-order valence-corrected chi connectivity index (χ4v) is 2.23. The number of piperidine rings is 1. The number of carbonyl (C=O) groups excluding carboxylic acids is 1. The van der Waals surface area contributed by atoms with Gasteiger partial charge in [0, 0.05) is 25.7 Å². The number of hydrogen-bond acceptors (Lipinski definition) is 4. The zero-order chi connectivity index (χ0) is 15.3. The molecule has 2 heterocycles. The quantitative estimate of drug-likeness (QED) is 0.790. The van der Waals surface area contributed by atoms with Crippen LogP contribution < -0.4 is 0 Å². The predicted molar refractivity (Wildman–Crippen MR) is 78.6 cm³/mol. The molecule has 1 amide bonds. The third-order valence-corrected chi connectivity index (χ3v) is 3.60. The van der Waals surface area contributed by atoms with Gasteiger partial charge in [0.2, 0.25) is 0 Å². The van der Waals surface area contributed by atoms with Crippen molar-refractivity contribution in [1.29, 1.82) is 0 Å². The molecule has 1 aromatic heterocycles. The van der Waals surface area contributed by atoms with Crippen LogP contribution in [0.4, 0.5) is 0 Å². The minimum atomic E-state index is -0.690. The van der Waals surface area contributed by atoms with Gasteiger partial charge in [0.1, 0.15) is 5.69 Å². The van der Waals surface area contributed by atoms with Crippen molar-refractivity contribution in [3.8, 4) is 11.8 Å². The molecular formula is C16H20N2O3. The van der Waals surface area contributed by atoms with Gasteiger partial charge in [0.25, 0.3) is 5.91 Å². The number of aliphatic hydroxyl groups is 2. The van der Waals surface area contributed by atoms with Gasteiger partial charge in [-0.15, -0.1) is 0 Å². The Kier molecular flexibility index (Phi) is 4.94. The van der Waals surface area contributed by atoms with Gasteiger partial charge in [0.05, 0.1) is 17.8 Å². The lowest BCUT2D eigenvalue weighted by Gasteiger charge is -2.35. The van der Waals surface area contributed by atoms with Gasteiger partial charge in [-0.2, -0.15) is 0 Å². The standard InChI is InChI=1S/C16H20N2O3/c1-16(21)7-10-18(11-8-16)15(20)14-13(5-2-3-12-19)6-4-9-17-14/h4,6,9,19,21H,3,7-8,10-12H2,1H3. The highest BCUT2D eigenvalue weighted by atomic mass is 16.3. The molecular weight excluding hydrogens is 268 g/mol. The van der Waals surface area contributed by atoms with Crippen molar-refractivity contribution in [3.05, 3.63) is 29.6 Å². The lowest BCUT2D eigenvalue weighted by Crippen LogP contribution is -2.45. The number of hydrogen-bond donors (Lipinski definition) is 2. The largest absolute Gasteiger partial charge is 0.395 e. The molecule has 0 unspecified atom stereocenters. The summed E-state index contributed by atoms with van der Waals surface area (Å²) in [6.07, 6.45) is 3.08. The molecule has 21 heavy (non-hydrogen) atoms. The zero-order valence-corrected chi connectivity index (χ0v) is 12.2. The number of carbonyl (C=O) groups is 1. The second kappa shape index (κ2) is 6.70. The highest BCUT2D eigenvalue weighted by Gasteiger charge is 2.30. The van der Waals surface area contributed by atoms with E-state index >= 15 is 0 Å². The van der Waals surface area contributed by atoms with Crippen molar-refractivity contribution in [1.82, 2.24) is 9.88 Å². The monoisotopic (exact) mass is 288 g/mol. The van der Waals surface area contributed by atoms with Gasteiger partial charge in [0.15, 0.2) is 0 Å². The number of pyridine rings is 1. The van der Waals surface area contributed by atoms with Gasteiger partial charge in [-0.1, -0.05) is 11.8 Å². The second-order valence-electron chi connectivity index (χ2n) is 5.46. The van der Waals surface area contributed by atoms with E-state index in [0.717, 1.165) is 0 Å². The molecule has 2 rings (SSSR count). The Morgan fingerprint density at radius 1 is 1.48 bits per heavy atom. The summed E-state index contributed by atoms with van der Waals surface area (Å²) in [5.74, 6) is 5.54. The maximum atomic E-state index is 12.5. The van der Waals surface area contributed by atoms with Crippen LogP contribution >= 0.6 is 0 Å². The van der Waals surface area contributed by atoms with Crippen molar-refractivity contribution in [2.45, 2.75) is 31.8 Å². The lowest BCUT2D eigenvalue weighted by atomic mass is 9.93. The Balaban J connectivity index is 2.15. The van der Waals surface area contributed by atoms with E-state index in [1.54, 1.807) is 30.2 Å². The van der Waals surface area contributed by atoms with E-state index in [-0.39, 0.29) is 12.5 Å². The van der Waals surface area contributed by atoms with Crippen LogP contribution in [0, 0.1) is 11.8 Å². The van der Waals surface area contributed by atoms with Gasteiger partial charge in [-0.05, 0) is 31.9 Å². The molecule has 0 aliphatic carbocycles. The highest BCUT2D eigenvalue weighted by Crippen LogP contribution is 2.22. The Morgan fingerprint density at radius 2 is 2.19 bits per heavy atom. The first-order valence-electron chi connectivity index (χ1n) is 7.10. The molecule has 1 saturated heterocycles. The van der Waals surface area contributed by atoms with Crippen molar-refractivity contribution in [2.24, 2.45) is 0 Å². The van der Waals surface area contributed by atoms with Crippen molar-refractivity contribution in [3.63, 3.8) is 0 Å². The first-order valence-corrected chi connectivity index (χ1v) is 7.10. The van der Waals surface area contributed by atoms with Gasteiger partial charge in [-0.3, -0.25) is 4.79 Å². The number of aliphatic hydroxyl groups excluding tert-OH is 1. The average molecular weight is 288 g/mol. The summed E-state index contributed by atoms with van der Waals surface area (Å²) in [6, 6.07) is 3.49. The van der Waals surface area contributed by atoms with Crippen LogP contribution in [-0.4, -0.2) is 51.3 Å². The van der Waals surface area contributed by atoms with Crippen molar-refractivity contribution in [2.75, 3.05) is 19.7 Å². The summed E-state index contributed by atoms with van der Waals surface area (Å²) in [5, 5.41) is 18.7.